The maximum Gasteiger partial charge on any atom is 0.325 e. The third-order valence-electron chi connectivity index (χ3n) is 3.84. The second kappa shape index (κ2) is 5.61. The van der Waals surface area contributed by atoms with Crippen LogP contribution in [0.25, 0.3) is 0 Å². The van der Waals surface area contributed by atoms with E-state index in [1.165, 1.54) is 5.56 Å². The Morgan fingerprint density at radius 1 is 1.53 bits per heavy atom. The number of carboxylic acids is 1. The summed E-state index contributed by atoms with van der Waals surface area (Å²) in [7, 11) is 0. The number of halogens is 1. The van der Waals surface area contributed by atoms with Gasteiger partial charge in [-0.15, -0.1) is 0 Å². The lowest BCUT2D eigenvalue weighted by Crippen LogP contribution is -2.50. The van der Waals surface area contributed by atoms with Gasteiger partial charge in [0.05, 0.1) is 0 Å². The monoisotopic (exact) mass is 326 g/mol. The third kappa shape index (κ3) is 2.99. The van der Waals surface area contributed by atoms with Crippen molar-refractivity contribution in [3.8, 4) is 0 Å². The fourth-order valence-corrected chi connectivity index (χ4v) is 2.96. The number of nitrogens with zero attached hydrogens (tertiary/aromatic N) is 1. The van der Waals surface area contributed by atoms with E-state index >= 15 is 0 Å². The van der Waals surface area contributed by atoms with E-state index in [4.69, 9.17) is 5.73 Å². The molecule has 4 nitrogen and oxygen atoms in total. The first-order valence-electron chi connectivity index (χ1n) is 6.48. The van der Waals surface area contributed by atoms with Crippen molar-refractivity contribution in [2.45, 2.75) is 31.3 Å². The van der Waals surface area contributed by atoms with E-state index < -0.39 is 11.5 Å². The zero-order valence-corrected chi connectivity index (χ0v) is 12.6. The Morgan fingerprint density at radius 3 is 2.63 bits per heavy atom. The zero-order chi connectivity index (χ0) is 14.0. The predicted octanol–water partition coefficient (Wildman–Crippen LogP) is 2.39. The third-order valence-corrected chi connectivity index (χ3v) is 4.37. The highest BCUT2D eigenvalue weighted by Crippen LogP contribution is 2.31. The minimum Gasteiger partial charge on any atom is -0.480 e. The number of rotatable bonds is 4. The van der Waals surface area contributed by atoms with Gasteiger partial charge in [0.25, 0.3) is 0 Å². The molecule has 1 aromatic carbocycles. The van der Waals surface area contributed by atoms with Gasteiger partial charge in [0.15, 0.2) is 0 Å². The fraction of sp³-hybridized carbons (Fsp3) is 0.500. The van der Waals surface area contributed by atoms with Crippen LogP contribution in [0.3, 0.4) is 0 Å². The molecule has 0 bridgehead atoms. The number of carbonyl (C=O) groups is 1. The van der Waals surface area contributed by atoms with Gasteiger partial charge < -0.3 is 10.8 Å². The van der Waals surface area contributed by atoms with Crippen LogP contribution >= 0.6 is 15.9 Å². The van der Waals surface area contributed by atoms with Crippen molar-refractivity contribution in [3.63, 3.8) is 0 Å². The molecule has 2 unspecified atom stereocenters. The topological polar surface area (TPSA) is 66.6 Å². The van der Waals surface area contributed by atoms with Crippen molar-refractivity contribution in [2.24, 2.45) is 5.73 Å². The van der Waals surface area contributed by atoms with Gasteiger partial charge in [-0.1, -0.05) is 35.0 Å². The summed E-state index contributed by atoms with van der Waals surface area (Å²) in [5, 5.41) is 9.19. The van der Waals surface area contributed by atoms with Crippen LogP contribution in [0.5, 0.6) is 0 Å². The average Bonchev–Trinajstić information content (AvgIpc) is 2.77. The van der Waals surface area contributed by atoms with Gasteiger partial charge in [-0.05, 0) is 30.5 Å². The second-order valence-corrected chi connectivity index (χ2v) is 6.07. The highest BCUT2D eigenvalue weighted by Gasteiger charge is 2.43. The summed E-state index contributed by atoms with van der Waals surface area (Å²) in [5.74, 6) is -0.902. The molecule has 1 aromatic rings. The van der Waals surface area contributed by atoms with Crippen LogP contribution in [-0.4, -0.2) is 34.6 Å². The van der Waals surface area contributed by atoms with Crippen LogP contribution in [0, 0.1) is 0 Å². The summed E-state index contributed by atoms with van der Waals surface area (Å²) in [6, 6.07) is 8.42. The molecule has 1 saturated heterocycles. The van der Waals surface area contributed by atoms with E-state index in [-0.39, 0.29) is 6.04 Å². The number of likely N-dealkylation sites (tertiary alicyclic amines) is 1. The van der Waals surface area contributed by atoms with Crippen molar-refractivity contribution in [1.29, 1.82) is 0 Å². The van der Waals surface area contributed by atoms with Crippen LogP contribution in [0.2, 0.25) is 0 Å². The quantitative estimate of drug-likeness (QED) is 0.891. The number of benzene rings is 1. The molecule has 3 N–H and O–H groups in total. The standard InChI is InChI=1S/C14H19BrN2O2/c1-2-12(10-3-5-11(15)6-4-10)17-8-7-14(16,9-17)13(18)19/h3-6,12H,2,7-9,16H2,1H3,(H,18,19). The van der Waals surface area contributed by atoms with Gasteiger partial charge in [-0.2, -0.15) is 0 Å². The van der Waals surface area contributed by atoms with Crippen molar-refractivity contribution in [2.75, 3.05) is 13.1 Å². The maximum atomic E-state index is 11.2. The maximum absolute atomic E-state index is 11.2. The van der Waals surface area contributed by atoms with E-state index in [2.05, 4.69) is 39.9 Å². The molecule has 19 heavy (non-hydrogen) atoms. The lowest BCUT2D eigenvalue weighted by atomic mass is 10.00. The van der Waals surface area contributed by atoms with Crippen LogP contribution < -0.4 is 5.73 Å². The Balaban J connectivity index is 2.16. The highest BCUT2D eigenvalue weighted by atomic mass is 79.9. The largest absolute Gasteiger partial charge is 0.480 e. The van der Waals surface area contributed by atoms with E-state index in [0.29, 0.717) is 13.0 Å². The van der Waals surface area contributed by atoms with Gasteiger partial charge >= 0.3 is 5.97 Å². The first kappa shape index (κ1) is 14.5. The van der Waals surface area contributed by atoms with Gasteiger partial charge in [-0.25, -0.2) is 0 Å². The molecule has 0 spiro atoms. The van der Waals surface area contributed by atoms with Gasteiger partial charge in [0.2, 0.25) is 0 Å². The molecule has 5 heteroatoms. The lowest BCUT2D eigenvalue weighted by molar-refractivity contribution is -0.142. The molecule has 0 aromatic heterocycles. The molecule has 1 aliphatic rings. The Bertz CT molecular complexity index is 463. The number of carboxylic acid groups (broad SMARTS) is 1. The zero-order valence-electron chi connectivity index (χ0n) is 11.0. The Kier molecular flexibility index (Phi) is 4.28. The van der Waals surface area contributed by atoms with Crippen LogP contribution in [0.15, 0.2) is 28.7 Å². The smallest absolute Gasteiger partial charge is 0.325 e. The average molecular weight is 327 g/mol. The molecule has 0 aliphatic carbocycles. The number of hydrogen-bond acceptors (Lipinski definition) is 3. The molecule has 1 aliphatic heterocycles. The predicted molar refractivity (Wildman–Crippen MR) is 77.9 cm³/mol. The van der Waals surface area contributed by atoms with Crippen LogP contribution in [0.1, 0.15) is 31.4 Å². The number of aliphatic carboxylic acids is 1. The SMILES string of the molecule is CCC(c1ccc(Br)cc1)N1CCC(N)(C(=O)O)C1. The number of hydrogen-bond donors (Lipinski definition) is 2. The van der Waals surface area contributed by atoms with Gasteiger partial charge in [-0.3, -0.25) is 9.69 Å². The molecule has 0 saturated carbocycles. The van der Waals surface area contributed by atoms with Gasteiger partial charge in [0, 0.05) is 23.6 Å². The summed E-state index contributed by atoms with van der Waals surface area (Å²) < 4.78 is 1.05. The molecule has 1 heterocycles. The van der Waals surface area contributed by atoms with E-state index in [9.17, 15) is 9.90 Å². The molecular weight excluding hydrogens is 308 g/mol. The van der Waals surface area contributed by atoms with Crippen molar-refractivity contribution in [1.82, 2.24) is 4.90 Å². The summed E-state index contributed by atoms with van der Waals surface area (Å²) in [6.07, 6.45) is 1.45. The second-order valence-electron chi connectivity index (χ2n) is 5.16. The van der Waals surface area contributed by atoms with Crippen molar-refractivity contribution in [3.05, 3.63) is 34.3 Å². The molecular formula is C14H19BrN2O2. The summed E-state index contributed by atoms with van der Waals surface area (Å²) >= 11 is 3.43. The van der Waals surface area contributed by atoms with Crippen molar-refractivity contribution >= 4 is 21.9 Å². The molecule has 2 rings (SSSR count). The summed E-state index contributed by atoms with van der Waals surface area (Å²) in [4.78, 5) is 13.4. The van der Waals surface area contributed by atoms with E-state index in [0.717, 1.165) is 17.4 Å². The number of nitrogens with two attached hydrogens (primary N) is 1. The first-order chi connectivity index (χ1) is 8.96. The Labute approximate surface area is 121 Å². The summed E-state index contributed by atoms with van der Waals surface area (Å²) in [5.41, 5.74) is 6.05. The fourth-order valence-electron chi connectivity index (χ4n) is 2.69. The highest BCUT2D eigenvalue weighted by molar-refractivity contribution is 9.10. The van der Waals surface area contributed by atoms with Crippen molar-refractivity contribution < 1.29 is 9.90 Å². The Morgan fingerprint density at radius 2 is 2.16 bits per heavy atom. The lowest BCUT2D eigenvalue weighted by Gasteiger charge is -2.28. The minimum atomic E-state index is -1.09. The van der Waals surface area contributed by atoms with Gasteiger partial charge in [0.1, 0.15) is 5.54 Å². The summed E-state index contributed by atoms with van der Waals surface area (Å²) in [6.45, 7) is 3.26. The Hall–Kier alpha value is -0.910. The molecule has 2 atom stereocenters. The van der Waals surface area contributed by atoms with Crippen LogP contribution in [-0.2, 0) is 4.79 Å². The van der Waals surface area contributed by atoms with E-state index in [1.54, 1.807) is 0 Å². The van der Waals surface area contributed by atoms with E-state index in [1.807, 2.05) is 12.1 Å². The molecule has 0 radical (unpaired) electrons. The molecule has 1 fully saturated rings. The normalized spacial score (nSPS) is 25.4. The molecule has 0 amide bonds. The van der Waals surface area contributed by atoms with Crippen LogP contribution in [0.4, 0.5) is 0 Å². The molecule has 104 valence electrons. The minimum absolute atomic E-state index is 0.234. The first-order valence-corrected chi connectivity index (χ1v) is 7.27.